The fraction of sp³-hybridized carbons (Fsp3) is 0.471. The van der Waals surface area contributed by atoms with E-state index in [9.17, 15) is 4.79 Å². The Hall–Kier alpha value is -1.97. The van der Waals surface area contributed by atoms with Crippen molar-refractivity contribution in [2.75, 3.05) is 7.11 Å². The molecule has 1 aliphatic heterocycles. The molecule has 1 aromatic carbocycles. The van der Waals surface area contributed by atoms with Crippen LogP contribution < -0.4 is 10.1 Å². The molecule has 1 N–H and O–H groups in total. The van der Waals surface area contributed by atoms with E-state index in [4.69, 9.17) is 4.74 Å². The van der Waals surface area contributed by atoms with Gasteiger partial charge in [0.25, 0.3) is 0 Å². The number of urea groups is 1. The Balaban J connectivity index is 1.91. The molecular formula is C17H24N2O2. The van der Waals surface area contributed by atoms with Crippen molar-refractivity contribution in [3.63, 3.8) is 0 Å². The zero-order chi connectivity index (χ0) is 15.2. The summed E-state index contributed by atoms with van der Waals surface area (Å²) in [6, 6.07) is 8.30. The highest BCUT2D eigenvalue weighted by Crippen LogP contribution is 2.22. The zero-order valence-electron chi connectivity index (χ0n) is 13.0. The third-order valence-electron chi connectivity index (χ3n) is 4.03. The normalized spacial score (nSPS) is 22.3. The Bertz CT molecular complexity index is 486. The monoisotopic (exact) mass is 288 g/mol. The Morgan fingerprint density at radius 2 is 1.86 bits per heavy atom. The first kappa shape index (κ1) is 15.4. The molecule has 2 amide bonds. The Morgan fingerprint density at radius 1 is 1.24 bits per heavy atom. The van der Waals surface area contributed by atoms with Crippen LogP contribution >= 0.6 is 0 Å². The lowest BCUT2D eigenvalue weighted by Crippen LogP contribution is -2.50. The van der Waals surface area contributed by atoms with E-state index < -0.39 is 0 Å². The lowest BCUT2D eigenvalue weighted by atomic mass is 9.98. The van der Waals surface area contributed by atoms with Crippen LogP contribution in [0.2, 0.25) is 0 Å². The topological polar surface area (TPSA) is 41.6 Å². The quantitative estimate of drug-likeness (QED) is 0.922. The van der Waals surface area contributed by atoms with Crippen molar-refractivity contribution < 1.29 is 9.53 Å². The minimum atomic E-state index is -0.0144. The number of nitrogens with one attached hydrogen (secondary N) is 1. The maximum atomic E-state index is 12.3. The van der Waals surface area contributed by atoms with Gasteiger partial charge in [-0.05, 0) is 56.9 Å². The molecule has 0 spiro atoms. The van der Waals surface area contributed by atoms with Crippen molar-refractivity contribution in [3.05, 3.63) is 36.0 Å². The number of nitrogens with zero attached hydrogens (tertiary/aromatic N) is 1. The maximum absolute atomic E-state index is 12.3. The van der Waals surface area contributed by atoms with Gasteiger partial charge in [-0.25, -0.2) is 4.79 Å². The Morgan fingerprint density at radius 3 is 2.43 bits per heavy atom. The molecule has 2 atom stereocenters. The average molecular weight is 288 g/mol. The minimum Gasteiger partial charge on any atom is -0.497 e. The van der Waals surface area contributed by atoms with Crippen molar-refractivity contribution >= 4 is 12.1 Å². The molecule has 4 heteroatoms. The van der Waals surface area contributed by atoms with Crippen LogP contribution in [0.1, 0.15) is 38.7 Å². The second-order valence-corrected chi connectivity index (χ2v) is 5.59. The van der Waals surface area contributed by atoms with Crippen molar-refractivity contribution in [1.29, 1.82) is 0 Å². The number of hydrogen-bond acceptors (Lipinski definition) is 2. The van der Waals surface area contributed by atoms with Gasteiger partial charge in [0.2, 0.25) is 0 Å². The van der Waals surface area contributed by atoms with Crippen molar-refractivity contribution in [3.8, 4) is 5.75 Å². The fourth-order valence-electron chi connectivity index (χ4n) is 2.82. The molecule has 0 aliphatic carbocycles. The second-order valence-electron chi connectivity index (χ2n) is 5.59. The molecule has 4 nitrogen and oxygen atoms in total. The van der Waals surface area contributed by atoms with E-state index in [1.807, 2.05) is 35.2 Å². The molecule has 1 heterocycles. The summed E-state index contributed by atoms with van der Waals surface area (Å²) >= 11 is 0. The predicted molar refractivity (Wildman–Crippen MR) is 85.2 cm³/mol. The highest BCUT2D eigenvalue weighted by molar-refractivity contribution is 5.77. The van der Waals surface area contributed by atoms with E-state index >= 15 is 0 Å². The van der Waals surface area contributed by atoms with Crippen LogP contribution in [0.3, 0.4) is 0 Å². The number of carbonyl (C=O) groups is 1. The molecule has 2 rings (SSSR count). The summed E-state index contributed by atoms with van der Waals surface area (Å²) in [7, 11) is 1.64. The number of hydrogen-bond donors (Lipinski definition) is 1. The molecule has 0 aromatic heterocycles. The van der Waals surface area contributed by atoms with Crippen molar-refractivity contribution in [2.45, 2.75) is 45.2 Å². The molecule has 1 aliphatic rings. The number of methoxy groups -OCH3 is 1. The second kappa shape index (κ2) is 7.16. The number of ether oxygens (including phenoxy) is 1. The van der Waals surface area contributed by atoms with E-state index in [2.05, 4.69) is 19.2 Å². The summed E-state index contributed by atoms with van der Waals surface area (Å²) in [5.41, 5.74) is 1.02. The van der Waals surface area contributed by atoms with E-state index in [-0.39, 0.29) is 6.03 Å². The minimum absolute atomic E-state index is 0.0144. The number of carbonyl (C=O) groups excluding carboxylic acids is 1. The number of benzene rings is 1. The highest BCUT2D eigenvalue weighted by Gasteiger charge is 2.28. The first-order chi connectivity index (χ1) is 10.1. The zero-order valence-corrected chi connectivity index (χ0v) is 13.0. The summed E-state index contributed by atoms with van der Waals surface area (Å²) in [6.07, 6.45) is 6.96. The van der Waals surface area contributed by atoms with Gasteiger partial charge in [-0.1, -0.05) is 12.1 Å². The molecule has 1 fully saturated rings. The number of rotatable bonds is 3. The maximum Gasteiger partial charge on any atom is 0.321 e. The Kier molecular flexibility index (Phi) is 5.26. The molecular weight excluding hydrogens is 264 g/mol. The van der Waals surface area contributed by atoms with Crippen LogP contribution in [0.4, 0.5) is 4.79 Å². The van der Waals surface area contributed by atoms with Crippen LogP contribution in [0.15, 0.2) is 30.5 Å². The summed E-state index contributed by atoms with van der Waals surface area (Å²) < 4.78 is 5.11. The van der Waals surface area contributed by atoms with Gasteiger partial charge in [0, 0.05) is 18.3 Å². The van der Waals surface area contributed by atoms with Crippen LogP contribution in [0.5, 0.6) is 5.75 Å². The first-order valence-corrected chi connectivity index (χ1v) is 7.51. The third kappa shape index (κ3) is 4.00. The Labute approximate surface area is 126 Å². The molecule has 0 bridgehead atoms. The fourth-order valence-corrected chi connectivity index (χ4v) is 2.82. The van der Waals surface area contributed by atoms with Crippen molar-refractivity contribution in [1.82, 2.24) is 10.2 Å². The van der Waals surface area contributed by atoms with Gasteiger partial charge in [-0.15, -0.1) is 0 Å². The smallest absolute Gasteiger partial charge is 0.321 e. The van der Waals surface area contributed by atoms with Gasteiger partial charge >= 0.3 is 6.03 Å². The van der Waals surface area contributed by atoms with E-state index in [0.29, 0.717) is 12.1 Å². The van der Waals surface area contributed by atoms with E-state index in [1.54, 1.807) is 13.3 Å². The van der Waals surface area contributed by atoms with Crippen LogP contribution in [0, 0.1) is 0 Å². The largest absolute Gasteiger partial charge is 0.497 e. The number of piperidine rings is 1. The summed E-state index contributed by atoms with van der Waals surface area (Å²) in [5.74, 6) is 0.826. The highest BCUT2D eigenvalue weighted by atomic mass is 16.5. The van der Waals surface area contributed by atoms with Crippen LogP contribution in [-0.4, -0.2) is 30.1 Å². The summed E-state index contributed by atoms with van der Waals surface area (Å²) in [6.45, 7) is 4.23. The number of amides is 2. The molecule has 0 radical (unpaired) electrons. The molecule has 2 unspecified atom stereocenters. The molecule has 114 valence electrons. The third-order valence-corrected chi connectivity index (χ3v) is 4.03. The predicted octanol–water partition coefficient (Wildman–Crippen LogP) is 3.64. The molecule has 1 saturated heterocycles. The van der Waals surface area contributed by atoms with Crippen LogP contribution in [-0.2, 0) is 0 Å². The van der Waals surface area contributed by atoms with Gasteiger partial charge < -0.3 is 15.0 Å². The van der Waals surface area contributed by atoms with Crippen molar-refractivity contribution in [2.24, 2.45) is 0 Å². The van der Waals surface area contributed by atoms with Gasteiger partial charge in [0.05, 0.1) is 7.11 Å². The van der Waals surface area contributed by atoms with Crippen LogP contribution in [0.25, 0.3) is 6.08 Å². The van der Waals surface area contributed by atoms with E-state index in [1.165, 1.54) is 6.42 Å². The molecule has 0 saturated carbocycles. The van der Waals surface area contributed by atoms with Gasteiger partial charge in [-0.2, -0.15) is 0 Å². The number of likely N-dealkylation sites (tertiary alicyclic amines) is 1. The lowest BCUT2D eigenvalue weighted by Gasteiger charge is -2.38. The summed E-state index contributed by atoms with van der Waals surface area (Å²) in [4.78, 5) is 14.2. The van der Waals surface area contributed by atoms with Gasteiger partial charge in [-0.3, -0.25) is 0 Å². The van der Waals surface area contributed by atoms with Gasteiger partial charge in [0.15, 0.2) is 0 Å². The van der Waals surface area contributed by atoms with E-state index in [0.717, 1.165) is 24.2 Å². The SMILES string of the molecule is COc1ccc(/C=C/NC(=O)N2C(C)CCCC2C)cc1. The molecule has 1 aromatic rings. The molecule has 21 heavy (non-hydrogen) atoms. The summed E-state index contributed by atoms with van der Waals surface area (Å²) in [5, 5.41) is 2.87. The standard InChI is InChI=1S/C17H24N2O2/c1-13-5-4-6-14(2)19(13)17(20)18-12-11-15-7-9-16(21-3)10-8-15/h7-14H,4-6H2,1-3H3,(H,18,20)/b12-11+. The average Bonchev–Trinajstić information content (AvgIpc) is 2.48. The lowest BCUT2D eigenvalue weighted by molar-refractivity contribution is 0.126. The first-order valence-electron chi connectivity index (χ1n) is 7.51. The van der Waals surface area contributed by atoms with Gasteiger partial charge in [0.1, 0.15) is 5.75 Å².